The largest absolute Gasteiger partial charge is 0.495 e. The Morgan fingerprint density at radius 3 is 1.94 bits per heavy atom. The van der Waals surface area contributed by atoms with Crippen LogP contribution < -0.4 is 68.4 Å². The van der Waals surface area contributed by atoms with E-state index in [-0.39, 0.29) is 95.4 Å². The molecule has 14 rings (SSSR count). The van der Waals surface area contributed by atoms with Crippen LogP contribution in [0.4, 0.5) is 16.4 Å². The second-order valence-corrected chi connectivity index (χ2v) is 36.7. The van der Waals surface area contributed by atoms with Gasteiger partial charge in [-0.2, -0.15) is 0 Å². The van der Waals surface area contributed by atoms with Crippen molar-refractivity contribution in [1.29, 1.82) is 0 Å². The van der Waals surface area contributed by atoms with Crippen molar-refractivity contribution in [2.24, 2.45) is 18.7 Å². The van der Waals surface area contributed by atoms with E-state index in [1.807, 2.05) is 121 Å². The highest BCUT2D eigenvalue weighted by Crippen LogP contribution is 2.46. The minimum absolute atomic E-state index is 0.00653. The van der Waals surface area contributed by atoms with Gasteiger partial charge in [0.1, 0.15) is 30.7 Å². The van der Waals surface area contributed by atoms with Gasteiger partial charge in [0.2, 0.25) is 59.1 Å². The van der Waals surface area contributed by atoms with Crippen LogP contribution in [0.1, 0.15) is 93.5 Å². The van der Waals surface area contributed by atoms with Crippen molar-refractivity contribution in [1.82, 2.24) is 76.8 Å². The van der Waals surface area contributed by atoms with Gasteiger partial charge in [0, 0.05) is 121 Å². The van der Waals surface area contributed by atoms with Gasteiger partial charge in [-0.05, 0) is 123 Å². The quantitative estimate of drug-likeness (QED) is 0.00978. The lowest BCUT2D eigenvalue weighted by molar-refractivity contribution is -0.142. The number of likely N-dealkylation sites (tertiary alicyclic amines) is 1. The topological polar surface area (TPSA) is 490 Å². The average Bonchev–Trinajstić information content (AvgIpc) is 1.42. The number of nitrogens with zero attached hydrogens (tertiary/aromatic N) is 8. The third-order valence-corrected chi connectivity index (χ3v) is 26.8. The molecular weight excluding hydrogens is 1840 g/mol. The van der Waals surface area contributed by atoms with Gasteiger partial charge in [-0.15, -0.1) is 0 Å². The number of urea groups is 1. The maximum Gasteiger partial charge on any atom is 0.332 e. The van der Waals surface area contributed by atoms with Gasteiger partial charge >= 0.3 is 12.0 Å². The highest BCUT2D eigenvalue weighted by atomic mass is 32.2. The summed E-state index contributed by atoms with van der Waals surface area (Å²) in [5, 5.41) is 32.0. The summed E-state index contributed by atoms with van der Waals surface area (Å²) in [6.45, 7) is 2.53. The first kappa shape index (κ1) is 102. The number of carboxylic acid groups (broad SMARTS) is 1. The summed E-state index contributed by atoms with van der Waals surface area (Å²) in [6, 6.07) is 48.5. The first-order chi connectivity index (χ1) is 67.7. The molecular formula is C100H112N18O20S2. The van der Waals surface area contributed by atoms with Crippen molar-refractivity contribution in [2.75, 3.05) is 135 Å². The van der Waals surface area contributed by atoms with Gasteiger partial charge in [0.25, 0.3) is 17.4 Å². The number of ether oxygens (including phenoxy) is 5. The number of aryl methyl sites for hydroxylation is 1. The number of anilines is 2. The van der Waals surface area contributed by atoms with Crippen molar-refractivity contribution in [3.05, 3.63) is 219 Å². The van der Waals surface area contributed by atoms with Crippen LogP contribution in [0.5, 0.6) is 5.75 Å². The molecule has 0 radical (unpaired) electrons. The molecule has 1 saturated carbocycles. The maximum absolute atomic E-state index is 14.1. The molecule has 3 atom stereocenters. The molecule has 7 heterocycles. The number of primary amides is 1. The number of fused-ring (bicyclic) bond motifs is 2. The van der Waals surface area contributed by atoms with Crippen molar-refractivity contribution in [2.45, 2.75) is 117 Å². The smallest absolute Gasteiger partial charge is 0.332 e. The number of hydrogen-bond donors (Lipinski definition) is 11. The summed E-state index contributed by atoms with van der Waals surface area (Å²) in [7, 11) is 3.15. The third-order valence-electron chi connectivity index (χ3n) is 24.5. The lowest BCUT2D eigenvalue weighted by Gasteiger charge is -2.45. The number of carbonyl (C=O) groups is 13. The molecule has 9 aromatic rings. The number of carbonyl (C=O) groups excluding carboxylic acids is 12. The summed E-state index contributed by atoms with van der Waals surface area (Å²) in [4.78, 5) is 208. The predicted molar refractivity (Wildman–Crippen MR) is 520 cm³/mol. The fourth-order valence-electron chi connectivity index (χ4n) is 16.8. The molecule has 0 spiro atoms. The Morgan fingerprint density at radius 2 is 1.27 bits per heavy atom. The Bertz CT molecular complexity index is 6120. The lowest BCUT2D eigenvalue weighted by atomic mass is 9.87. The Kier molecular flexibility index (Phi) is 35.2. The van der Waals surface area contributed by atoms with Crippen molar-refractivity contribution in [3.63, 3.8) is 0 Å². The number of aromatic amines is 1. The van der Waals surface area contributed by atoms with E-state index in [1.54, 1.807) is 66.3 Å². The number of rotatable bonds is 47. The van der Waals surface area contributed by atoms with Crippen molar-refractivity contribution < 1.29 is 91.1 Å². The zero-order valence-electron chi connectivity index (χ0n) is 77.7. The molecule has 40 heteroatoms. The summed E-state index contributed by atoms with van der Waals surface area (Å²) in [6.07, 6.45) is 6.76. The zero-order valence-corrected chi connectivity index (χ0v) is 79.4. The monoisotopic (exact) mass is 1950 g/mol. The first-order valence-electron chi connectivity index (χ1n) is 46.2. The second kappa shape index (κ2) is 48.4. The van der Waals surface area contributed by atoms with E-state index < -0.39 is 140 Å². The molecule has 13 amide bonds. The fraction of sp³-hybridized carbons (Fsp3) is 0.380. The van der Waals surface area contributed by atoms with Crippen LogP contribution >= 0.6 is 23.5 Å². The number of carboxylic acids is 1. The predicted octanol–water partition coefficient (Wildman–Crippen LogP) is 5.44. The molecule has 0 bridgehead atoms. The lowest BCUT2D eigenvalue weighted by Crippen LogP contribution is -2.56. The van der Waals surface area contributed by atoms with Crippen molar-refractivity contribution in [3.8, 4) is 28.7 Å². The summed E-state index contributed by atoms with van der Waals surface area (Å²) < 4.78 is 32.4. The number of nitrogens with two attached hydrogens (primary N) is 1. The second-order valence-electron chi connectivity index (χ2n) is 34.5. The van der Waals surface area contributed by atoms with Gasteiger partial charge < -0.3 is 96.4 Å². The van der Waals surface area contributed by atoms with Gasteiger partial charge in [-0.3, -0.25) is 72.1 Å². The average molecular weight is 1950 g/mol. The number of imide groups is 2. The molecule has 5 aliphatic rings. The first-order valence-corrected chi connectivity index (χ1v) is 47.8. The molecule has 140 heavy (non-hydrogen) atoms. The summed E-state index contributed by atoms with van der Waals surface area (Å²) >= 11 is 2.48. The molecule has 3 aromatic heterocycles. The van der Waals surface area contributed by atoms with Crippen LogP contribution in [-0.4, -0.2) is 266 Å². The molecule has 6 aromatic carbocycles. The van der Waals surface area contributed by atoms with Crippen LogP contribution in [0.15, 0.2) is 201 Å². The van der Waals surface area contributed by atoms with Crippen LogP contribution in [-0.2, 0) is 95.6 Å². The Balaban J connectivity index is 0.560. The van der Waals surface area contributed by atoms with E-state index in [0.717, 1.165) is 88.4 Å². The molecule has 1 aliphatic carbocycles. The van der Waals surface area contributed by atoms with E-state index in [4.69, 9.17) is 39.4 Å². The number of hydrogen-bond acceptors (Lipinski definition) is 26. The minimum atomic E-state index is -1.43. The standard InChI is InChI=1S/C100H112N18O20S2/c1-99(109-39-16-19-65-26-31-79(134-3)78(52-65)116-43-35-86(125)118(98(116)133)62-107-83(122)57-105-92(128)67(54-80(101)119)55-87(126)127)37-44-114(45-38-99)69-33-41-115(42-34-69)97-111-76-30-27-66(75-60-113(2)94(130)88-73(75)32-40-102-88)53-74(76)91(112-97)100(138-70-28-29-70,68-20-10-5-11-21-68)61-137-63-108-84(123)58-106-93(129)77(51-64-17-8-4-9-18-64)110-85(124)59-104-82(121)56-103-81(120)36-47-135-49-50-136-48-46-117-95(131)89(139-71-22-12-6-13-23-71)90(96(117)132)140-72-24-14-7-15-25-72/h4-15,17-18,20-27,30-32,40,52-53,60,67,69-70,77,102,109H,28-29,33-39,41-51,54-59,61-63H2,1-3H3,(H2,101,119)(H,103,120)(H,104,121)(H,105,128)(H,106,129)(H,107,122)(H,108,123)(H,110,124)(H,126,127)/t67-,77-,100-/m0/s1. The van der Waals surface area contributed by atoms with Gasteiger partial charge in [-0.1, -0.05) is 138 Å². The normalized spacial score (nSPS) is 16.0. The van der Waals surface area contributed by atoms with E-state index in [2.05, 4.69) is 76.1 Å². The van der Waals surface area contributed by atoms with Gasteiger partial charge in [-0.25, -0.2) is 19.7 Å². The van der Waals surface area contributed by atoms with Gasteiger partial charge in [0.15, 0.2) is 5.60 Å². The summed E-state index contributed by atoms with van der Waals surface area (Å²) in [5.74, 6) is -2.54. The van der Waals surface area contributed by atoms with E-state index in [9.17, 15) is 72.2 Å². The number of pyridine rings is 1. The van der Waals surface area contributed by atoms with Crippen LogP contribution in [0, 0.1) is 17.8 Å². The molecule has 734 valence electrons. The number of nitrogens with one attached hydrogen (secondary N) is 9. The maximum atomic E-state index is 14.1. The Hall–Kier alpha value is -14.2. The van der Waals surface area contributed by atoms with E-state index >= 15 is 0 Å². The number of aromatic nitrogens is 4. The number of amides is 13. The number of methoxy groups -OCH3 is 1. The summed E-state index contributed by atoms with van der Waals surface area (Å²) in [5.41, 5.74) is 8.80. The van der Waals surface area contributed by atoms with Crippen LogP contribution in [0.25, 0.3) is 32.9 Å². The number of piperidine rings is 2. The molecule has 4 aliphatic heterocycles. The van der Waals surface area contributed by atoms with Crippen LogP contribution in [0.3, 0.4) is 0 Å². The molecule has 12 N–H and O–H groups in total. The third kappa shape index (κ3) is 27.0. The molecule has 0 unspecified atom stereocenters. The number of aliphatic carboxylic acids is 1. The molecule has 4 fully saturated rings. The SMILES string of the molecule is COc1ccc(C#CCNC2(C)CCN(C3CCN(c4nc([C@@](COCNC(=O)CNC(=O)[C@H](Cc5ccccc5)NC(=O)CNC(=O)CNC(=O)CCOCCOCCN5C(=O)C(Sc6ccccc6)=C(Sc6ccccc6)C5=O)(OC5CC5)c5ccccc5)c5cc(-c6cn(C)c(=O)c7[nH]ccc67)ccc5n4)CC3)CC2)cc1N1CCC(=O)N(CNC(=O)CNC(=O)[C@@H](CC(N)=O)CC(=O)O)C1=O. The molecule has 3 saturated heterocycles. The van der Waals surface area contributed by atoms with Gasteiger partial charge in [0.05, 0.1) is 125 Å². The van der Waals surface area contributed by atoms with E-state index in [1.165, 1.54) is 40.4 Å². The highest BCUT2D eigenvalue weighted by Gasteiger charge is 2.46. The fourth-order valence-corrected chi connectivity index (χ4v) is 18.9. The highest BCUT2D eigenvalue weighted by molar-refractivity contribution is 8.08. The van der Waals surface area contributed by atoms with Crippen molar-refractivity contribution >= 4 is 134 Å². The minimum Gasteiger partial charge on any atom is -0.495 e. The number of H-pyrrole nitrogens is 1. The number of thioether (sulfide) groups is 2. The zero-order chi connectivity index (χ0) is 98.8. The Morgan fingerprint density at radius 1 is 0.643 bits per heavy atom. The molecule has 38 nitrogen and oxygen atoms in total. The number of benzene rings is 6. The van der Waals surface area contributed by atoms with E-state index in [0.29, 0.717) is 80.1 Å². The Labute approximate surface area is 815 Å². The van der Waals surface area contributed by atoms with Crippen LogP contribution in [0.2, 0.25) is 0 Å².